The van der Waals surface area contributed by atoms with Crippen molar-refractivity contribution in [3.63, 3.8) is 0 Å². The standard InChI is InChI=1S/C15H25NO2/c1-4-16-15(12-18-11-7-10-17-3)14-9-6-5-8-13(14)2/h5-6,8-9,15-16H,4,7,10-12H2,1-3H3. The van der Waals surface area contributed by atoms with E-state index in [1.807, 2.05) is 0 Å². The van der Waals surface area contributed by atoms with Gasteiger partial charge in [-0.2, -0.15) is 0 Å². The van der Waals surface area contributed by atoms with E-state index < -0.39 is 0 Å². The van der Waals surface area contributed by atoms with Gasteiger partial charge in [0.15, 0.2) is 0 Å². The van der Waals surface area contributed by atoms with E-state index in [0.717, 1.165) is 26.2 Å². The van der Waals surface area contributed by atoms with Crippen molar-refractivity contribution in [3.8, 4) is 0 Å². The van der Waals surface area contributed by atoms with Crippen LogP contribution in [0, 0.1) is 6.92 Å². The van der Waals surface area contributed by atoms with Crippen molar-refractivity contribution in [1.82, 2.24) is 5.32 Å². The molecule has 0 aliphatic heterocycles. The Balaban J connectivity index is 2.47. The quantitative estimate of drug-likeness (QED) is 0.685. The lowest BCUT2D eigenvalue weighted by Gasteiger charge is -2.20. The van der Waals surface area contributed by atoms with Crippen LogP contribution < -0.4 is 5.32 Å². The summed E-state index contributed by atoms with van der Waals surface area (Å²) < 4.78 is 10.7. The molecule has 3 heteroatoms. The number of likely N-dealkylation sites (N-methyl/N-ethyl adjacent to an activating group) is 1. The zero-order chi connectivity index (χ0) is 13.2. The van der Waals surface area contributed by atoms with E-state index >= 15 is 0 Å². The van der Waals surface area contributed by atoms with Crippen LogP contribution in [0.5, 0.6) is 0 Å². The lowest BCUT2D eigenvalue weighted by atomic mass is 10.0. The molecule has 0 saturated carbocycles. The summed E-state index contributed by atoms with van der Waals surface area (Å²) in [5.41, 5.74) is 2.63. The molecule has 1 aromatic rings. The van der Waals surface area contributed by atoms with Gasteiger partial charge < -0.3 is 14.8 Å². The maximum Gasteiger partial charge on any atom is 0.0661 e. The minimum Gasteiger partial charge on any atom is -0.385 e. The fraction of sp³-hybridized carbons (Fsp3) is 0.600. The average molecular weight is 251 g/mol. The van der Waals surface area contributed by atoms with Gasteiger partial charge in [-0.25, -0.2) is 0 Å². The molecule has 18 heavy (non-hydrogen) atoms. The number of hydrogen-bond acceptors (Lipinski definition) is 3. The third kappa shape index (κ3) is 5.17. The topological polar surface area (TPSA) is 30.5 Å². The Hall–Kier alpha value is -0.900. The molecule has 0 spiro atoms. The first-order chi connectivity index (χ1) is 8.79. The number of nitrogens with one attached hydrogen (secondary N) is 1. The number of aryl methyl sites for hydroxylation is 1. The smallest absolute Gasteiger partial charge is 0.0661 e. The van der Waals surface area contributed by atoms with Crippen molar-refractivity contribution in [2.45, 2.75) is 26.3 Å². The molecule has 102 valence electrons. The van der Waals surface area contributed by atoms with Crippen LogP contribution in [0.3, 0.4) is 0 Å². The van der Waals surface area contributed by atoms with E-state index in [4.69, 9.17) is 9.47 Å². The van der Waals surface area contributed by atoms with Gasteiger partial charge in [0.25, 0.3) is 0 Å². The minimum atomic E-state index is 0.277. The Morgan fingerprint density at radius 2 is 2.00 bits per heavy atom. The molecule has 0 radical (unpaired) electrons. The highest BCUT2D eigenvalue weighted by molar-refractivity contribution is 5.28. The molecular weight excluding hydrogens is 226 g/mol. The van der Waals surface area contributed by atoms with E-state index in [9.17, 15) is 0 Å². The molecule has 1 unspecified atom stereocenters. The molecule has 0 amide bonds. The van der Waals surface area contributed by atoms with E-state index in [1.165, 1.54) is 11.1 Å². The second-order valence-electron chi connectivity index (χ2n) is 4.39. The molecule has 1 rings (SSSR count). The Kier molecular flexibility index (Phi) is 7.65. The Morgan fingerprint density at radius 3 is 2.67 bits per heavy atom. The Labute approximate surface area is 110 Å². The molecule has 1 atom stereocenters. The molecule has 0 aliphatic carbocycles. The number of benzene rings is 1. The number of ether oxygens (including phenoxy) is 2. The van der Waals surface area contributed by atoms with Gasteiger partial charge in [-0.1, -0.05) is 31.2 Å². The van der Waals surface area contributed by atoms with Crippen molar-refractivity contribution in [1.29, 1.82) is 0 Å². The predicted octanol–water partition coefficient (Wildman–Crippen LogP) is 2.70. The monoisotopic (exact) mass is 251 g/mol. The van der Waals surface area contributed by atoms with Gasteiger partial charge >= 0.3 is 0 Å². The van der Waals surface area contributed by atoms with Gasteiger partial charge in [-0.05, 0) is 31.0 Å². The Morgan fingerprint density at radius 1 is 1.22 bits per heavy atom. The summed E-state index contributed by atoms with van der Waals surface area (Å²) in [5, 5.41) is 3.47. The van der Waals surface area contributed by atoms with Gasteiger partial charge in [0, 0.05) is 20.3 Å². The van der Waals surface area contributed by atoms with Gasteiger partial charge in [-0.15, -0.1) is 0 Å². The molecule has 0 fully saturated rings. The van der Waals surface area contributed by atoms with Crippen LogP contribution in [-0.2, 0) is 9.47 Å². The predicted molar refractivity (Wildman–Crippen MR) is 74.9 cm³/mol. The summed E-state index contributed by atoms with van der Waals surface area (Å²) >= 11 is 0. The highest BCUT2D eigenvalue weighted by atomic mass is 16.5. The van der Waals surface area contributed by atoms with Crippen molar-refractivity contribution in [2.24, 2.45) is 0 Å². The summed E-state index contributed by atoms with van der Waals surface area (Å²) in [6.07, 6.45) is 0.948. The lowest BCUT2D eigenvalue weighted by molar-refractivity contribution is 0.0877. The molecule has 0 aliphatic rings. The SMILES string of the molecule is CCNC(COCCCOC)c1ccccc1C. The van der Waals surface area contributed by atoms with E-state index in [-0.39, 0.29) is 6.04 Å². The van der Waals surface area contributed by atoms with Crippen LogP contribution >= 0.6 is 0 Å². The van der Waals surface area contributed by atoms with Crippen molar-refractivity contribution in [3.05, 3.63) is 35.4 Å². The number of rotatable bonds is 9. The molecule has 0 bridgehead atoms. The molecule has 0 aromatic heterocycles. The summed E-state index contributed by atoms with van der Waals surface area (Å²) in [7, 11) is 1.72. The summed E-state index contributed by atoms with van der Waals surface area (Å²) in [6.45, 7) is 7.43. The Bertz CT molecular complexity index is 328. The zero-order valence-electron chi connectivity index (χ0n) is 11.7. The third-order valence-corrected chi connectivity index (χ3v) is 2.94. The largest absolute Gasteiger partial charge is 0.385 e. The molecule has 1 aromatic carbocycles. The molecule has 1 N–H and O–H groups in total. The highest BCUT2D eigenvalue weighted by Crippen LogP contribution is 2.17. The second kappa shape index (κ2) is 9.09. The number of methoxy groups -OCH3 is 1. The van der Waals surface area contributed by atoms with E-state index in [2.05, 4.69) is 43.4 Å². The van der Waals surface area contributed by atoms with E-state index in [0.29, 0.717) is 6.61 Å². The summed E-state index contributed by atoms with van der Waals surface area (Å²) in [4.78, 5) is 0. The van der Waals surface area contributed by atoms with Gasteiger partial charge in [0.1, 0.15) is 0 Å². The highest BCUT2D eigenvalue weighted by Gasteiger charge is 2.12. The molecule has 0 saturated heterocycles. The van der Waals surface area contributed by atoms with Crippen LogP contribution in [0.2, 0.25) is 0 Å². The first-order valence-electron chi connectivity index (χ1n) is 6.65. The fourth-order valence-corrected chi connectivity index (χ4v) is 1.99. The number of hydrogen-bond donors (Lipinski definition) is 1. The maximum atomic E-state index is 5.72. The summed E-state index contributed by atoms with van der Waals surface area (Å²) in [6, 6.07) is 8.74. The lowest BCUT2D eigenvalue weighted by Crippen LogP contribution is -2.26. The van der Waals surface area contributed by atoms with Crippen LogP contribution in [0.1, 0.15) is 30.5 Å². The fourth-order valence-electron chi connectivity index (χ4n) is 1.99. The van der Waals surface area contributed by atoms with Crippen LogP contribution in [0.15, 0.2) is 24.3 Å². The van der Waals surface area contributed by atoms with Gasteiger partial charge in [0.05, 0.1) is 12.6 Å². The van der Waals surface area contributed by atoms with Gasteiger partial charge in [0.2, 0.25) is 0 Å². The molecule has 3 nitrogen and oxygen atoms in total. The first-order valence-corrected chi connectivity index (χ1v) is 6.65. The molecule has 0 heterocycles. The van der Waals surface area contributed by atoms with Gasteiger partial charge in [-0.3, -0.25) is 0 Å². The zero-order valence-corrected chi connectivity index (χ0v) is 11.7. The summed E-state index contributed by atoms with van der Waals surface area (Å²) in [5.74, 6) is 0. The van der Waals surface area contributed by atoms with Crippen LogP contribution in [0.25, 0.3) is 0 Å². The third-order valence-electron chi connectivity index (χ3n) is 2.94. The van der Waals surface area contributed by atoms with Crippen molar-refractivity contribution in [2.75, 3.05) is 33.5 Å². The second-order valence-corrected chi connectivity index (χ2v) is 4.39. The maximum absolute atomic E-state index is 5.72. The van der Waals surface area contributed by atoms with Crippen LogP contribution in [0.4, 0.5) is 0 Å². The molecular formula is C15H25NO2. The first kappa shape index (κ1) is 15.2. The van der Waals surface area contributed by atoms with Crippen molar-refractivity contribution < 1.29 is 9.47 Å². The minimum absolute atomic E-state index is 0.277. The normalized spacial score (nSPS) is 12.6. The average Bonchev–Trinajstić information content (AvgIpc) is 2.38. The van der Waals surface area contributed by atoms with Crippen molar-refractivity contribution >= 4 is 0 Å². The van der Waals surface area contributed by atoms with E-state index in [1.54, 1.807) is 7.11 Å². The van der Waals surface area contributed by atoms with Crippen LogP contribution in [-0.4, -0.2) is 33.5 Å².